The highest BCUT2D eigenvalue weighted by Crippen LogP contribution is 2.21. The van der Waals surface area contributed by atoms with Gasteiger partial charge in [0.05, 0.1) is 19.3 Å². The van der Waals surface area contributed by atoms with Crippen LogP contribution < -0.4 is 5.73 Å². The molecule has 0 spiro atoms. The van der Waals surface area contributed by atoms with Gasteiger partial charge in [0.1, 0.15) is 5.92 Å². The smallest absolute Gasteiger partial charge is 0.311 e. The van der Waals surface area contributed by atoms with Crippen LogP contribution in [0.3, 0.4) is 0 Å². The first-order valence-electron chi connectivity index (χ1n) is 6.33. The summed E-state index contributed by atoms with van der Waals surface area (Å²) in [7, 11) is 0. The monoisotopic (exact) mass is 258 g/mol. The van der Waals surface area contributed by atoms with Crippen molar-refractivity contribution in [3.63, 3.8) is 0 Å². The predicted octanol–water partition coefficient (Wildman–Crippen LogP) is 0.0619. The highest BCUT2D eigenvalue weighted by molar-refractivity contribution is 5.79. The number of rotatable bonds is 6. The van der Waals surface area contributed by atoms with Crippen LogP contribution in [0.1, 0.15) is 26.7 Å². The summed E-state index contributed by atoms with van der Waals surface area (Å²) >= 11 is 0. The second-order valence-electron chi connectivity index (χ2n) is 4.82. The summed E-state index contributed by atoms with van der Waals surface area (Å²) in [5.41, 5.74) is 5.63. The molecular weight excluding hydrogens is 236 g/mol. The van der Waals surface area contributed by atoms with Crippen LogP contribution in [0.2, 0.25) is 0 Å². The number of amides is 1. The molecule has 1 aliphatic rings. The topological polar surface area (TPSA) is 92.9 Å². The van der Waals surface area contributed by atoms with Crippen LogP contribution in [0, 0.1) is 5.92 Å². The number of carboxylic acids is 1. The van der Waals surface area contributed by atoms with Crippen molar-refractivity contribution < 1.29 is 19.4 Å². The van der Waals surface area contributed by atoms with Crippen LogP contribution in [-0.4, -0.2) is 53.7 Å². The van der Waals surface area contributed by atoms with E-state index in [1.165, 1.54) is 0 Å². The number of nitrogens with zero attached hydrogens (tertiary/aromatic N) is 1. The lowest BCUT2D eigenvalue weighted by Gasteiger charge is -2.30. The van der Waals surface area contributed by atoms with Crippen molar-refractivity contribution in [2.24, 2.45) is 11.7 Å². The first-order chi connectivity index (χ1) is 8.47. The van der Waals surface area contributed by atoms with Crippen molar-refractivity contribution in [1.82, 2.24) is 4.90 Å². The second kappa shape index (κ2) is 6.70. The lowest BCUT2D eigenvalue weighted by atomic mass is 10.0. The molecule has 3 N–H and O–H groups in total. The van der Waals surface area contributed by atoms with E-state index in [1.807, 2.05) is 6.92 Å². The van der Waals surface area contributed by atoms with E-state index in [4.69, 9.17) is 15.6 Å². The molecular formula is C12H22N2O4. The summed E-state index contributed by atoms with van der Waals surface area (Å²) in [4.78, 5) is 24.8. The molecule has 6 nitrogen and oxygen atoms in total. The zero-order valence-corrected chi connectivity index (χ0v) is 11.0. The number of carbonyl (C=O) groups excluding carboxylic acids is 1. The fourth-order valence-electron chi connectivity index (χ4n) is 2.20. The van der Waals surface area contributed by atoms with E-state index in [2.05, 4.69) is 0 Å². The summed E-state index contributed by atoms with van der Waals surface area (Å²) in [6.45, 7) is 4.73. The van der Waals surface area contributed by atoms with Gasteiger partial charge >= 0.3 is 5.97 Å². The van der Waals surface area contributed by atoms with Crippen LogP contribution in [0.15, 0.2) is 0 Å². The van der Waals surface area contributed by atoms with Crippen LogP contribution in [-0.2, 0) is 14.3 Å². The van der Waals surface area contributed by atoms with Gasteiger partial charge in [0.25, 0.3) is 0 Å². The van der Waals surface area contributed by atoms with E-state index in [9.17, 15) is 9.59 Å². The van der Waals surface area contributed by atoms with Gasteiger partial charge in [-0.3, -0.25) is 9.59 Å². The molecule has 1 fully saturated rings. The minimum absolute atomic E-state index is 0.0893. The van der Waals surface area contributed by atoms with E-state index in [-0.39, 0.29) is 31.0 Å². The van der Waals surface area contributed by atoms with Crippen LogP contribution in [0.4, 0.5) is 0 Å². The molecule has 104 valence electrons. The van der Waals surface area contributed by atoms with Gasteiger partial charge in [0.2, 0.25) is 5.91 Å². The number of carbonyl (C=O) groups is 2. The minimum Gasteiger partial charge on any atom is -0.481 e. The molecule has 1 heterocycles. The molecule has 0 bridgehead atoms. The predicted molar refractivity (Wildman–Crippen MR) is 66.0 cm³/mol. The molecule has 6 heteroatoms. The van der Waals surface area contributed by atoms with Crippen molar-refractivity contribution in [2.45, 2.75) is 38.8 Å². The fraction of sp³-hybridized carbons (Fsp3) is 0.833. The number of aliphatic carboxylic acids is 1. The van der Waals surface area contributed by atoms with E-state index in [0.717, 1.165) is 6.42 Å². The van der Waals surface area contributed by atoms with Crippen molar-refractivity contribution in [3.05, 3.63) is 0 Å². The van der Waals surface area contributed by atoms with Crippen molar-refractivity contribution >= 4 is 11.9 Å². The average molecular weight is 258 g/mol. The number of hydrogen-bond donors (Lipinski definition) is 2. The molecule has 0 radical (unpaired) electrons. The summed E-state index contributed by atoms with van der Waals surface area (Å²) in [6, 6.07) is -0.587. The highest BCUT2D eigenvalue weighted by Gasteiger charge is 2.39. The molecule has 3 unspecified atom stereocenters. The van der Waals surface area contributed by atoms with Gasteiger partial charge in [-0.15, -0.1) is 0 Å². The molecule has 0 aromatic carbocycles. The zero-order valence-electron chi connectivity index (χ0n) is 11.0. The lowest BCUT2D eigenvalue weighted by molar-refractivity contribution is -0.145. The largest absolute Gasteiger partial charge is 0.481 e. The summed E-state index contributed by atoms with van der Waals surface area (Å²) < 4.78 is 5.21. The van der Waals surface area contributed by atoms with Crippen LogP contribution >= 0.6 is 0 Å². The third-order valence-electron chi connectivity index (χ3n) is 3.05. The molecule has 0 aliphatic carbocycles. The van der Waals surface area contributed by atoms with Gasteiger partial charge in [-0.25, -0.2) is 0 Å². The van der Waals surface area contributed by atoms with Crippen molar-refractivity contribution in [1.29, 1.82) is 0 Å². The average Bonchev–Trinajstić information content (AvgIpc) is 2.73. The van der Waals surface area contributed by atoms with E-state index >= 15 is 0 Å². The number of nitrogens with two attached hydrogens (primary N) is 1. The van der Waals surface area contributed by atoms with E-state index in [0.29, 0.717) is 13.2 Å². The Kier molecular flexibility index (Phi) is 5.55. The Hall–Kier alpha value is -1.14. The molecule has 1 aliphatic heterocycles. The maximum atomic E-state index is 12.1. The van der Waals surface area contributed by atoms with Crippen LogP contribution in [0.25, 0.3) is 0 Å². The van der Waals surface area contributed by atoms with Crippen molar-refractivity contribution in [2.75, 3.05) is 19.8 Å². The Labute approximate surface area is 107 Å². The Morgan fingerprint density at radius 2 is 2.17 bits per heavy atom. The molecule has 1 amide bonds. The quantitative estimate of drug-likeness (QED) is 0.703. The lowest BCUT2D eigenvalue weighted by Crippen LogP contribution is -2.48. The molecule has 0 saturated carbocycles. The first-order valence-corrected chi connectivity index (χ1v) is 6.33. The SMILES string of the molecule is CCCN(C(=O)CC(C)N)C1COCC1C(=O)O. The second-order valence-corrected chi connectivity index (χ2v) is 4.82. The summed E-state index contributed by atoms with van der Waals surface area (Å²) in [5, 5.41) is 9.12. The Bertz CT molecular complexity index is 306. The van der Waals surface area contributed by atoms with Crippen molar-refractivity contribution in [3.8, 4) is 0 Å². The third kappa shape index (κ3) is 3.68. The Balaban J connectivity index is 2.77. The third-order valence-corrected chi connectivity index (χ3v) is 3.05. The zero-order chi connectivity index (χ0) is 13.7. The molecule has 0 aromatic heterocycles. The maximum Gasteiger partial charge on any atom is 0.311 e. The molecule has 1 saturated heterocycles. The van der Waals surface area contributed by atoms with Gasteiger partial charge in [0, 0.05) is 19.0 Å². The van der Waals surface area contributed by atoms with E-state index in [1.54, 1.807) is 11.8 Å². The molecule has 18 heavy (non-hydrogen) atoms. The van der Waals surface area contributed by atoms with Gasteiger partial charge in [-0.1, -0.05) is 6.92 Å². The van der Waals surface area contributed by atoms with Gasteiger partial charge in [-0.2, -0.15) is 0 Å². The van der Waals surface area contributed by atoms with Gasteiger partial charge in [0.15, 0.2) is 0 Å². The summed E-state index contributed by atoms with van der Waals surface area (Å²) in [6.07, 6.45) is 1.02. The molecule has 0 aromatic rings. The Morgan fingerprint density at radius 3 is 2.67 bits per heavy atom. The standard InChI is InChI=1S/C12H22N2O4/c1-3-4-14(11(15)5-8(2)13)10-7-18-6-9(10)12(16)17/h8-10H,3-7,13H2,1-2H3,(H,16,17). The van der Waals surface area contributed by atoms with Gasteiger partial charge < -0.3 is 20.5 Å². The Morgan fingerprint density at radius 1 is 1.50 bits per heavy atom. The molecule has 3 atom stereocenters. The summed E-state index contributed by atoms with van der Waals surface area (Å²) in [5.74, 6) is -1.63. The maximum absolute atomic E-state index is 12.1. The minimum atomic E-state index is -0.910. The number of ether oxygens (including phenoxy) is 1. The van der Waals surface area contributed by atoms with Crippen LogP contribution in [0.5, 0.6) is 0 Å². The van der Waals surface area contributed by atoms with E-state index < -0.39 is 11.9 Å². The molecule has 1 rings (SSSR count). The normalized spacial score (nSPS) is 24.8. The highest BCUT2D eigenvalue weighted by atomic mass is 16.5. The van der Waals surface area contributed by atoms with Gasteiger partial charge in [-0.05, 0) is 13.3 Å². The fourth-order valence-corrected chi connectivity index (χ4v) is 2.20. The number of hydrogen-bond acceptors (Lipinski definition) is 4. The first kappa shape index (κ1) is 14.9. The number of carboxylic acid groups (broad SMARTS) is 1.